The quantitative estimate of drug-likeness (QED) is 0.216. The molecule has 40 heavy (non-hydrogen) atoms. The molecule has 7 rings (SSSR count). The van der Waals surface area contributed by atoms with E-state index in [2.05, 4.69) is 164 Å². The van der Waals surface area contributed by atoms with E-state index in [1.807, 2.05) is 0 Å². The molecule has 1 heteroatoms. The summed E-state index contributed by atoms with van der Waals surface area (Å²) in [6, 6.07) is 53.0. The molecule has 1 heterocycles. The van der Waals surface area contributed by atoms with E-state index in [1.54, 1.807) is 0 Å². The van der Waals surface area contributed by atoms with Gasteiger partial charge in [-0.15, -0.1) is 0 Å². The molecular weight excluding hydrogens is 482 g/mol. The van der Waals surface area contributed by atoms with Gasteiger partial charge >= 0.3 is 0 Å². The summed E-state index contributed by atoms with van der Waals surface area (Å²) >= 11 is 0. The Hall–Kier alpha value is -4.88. The van der Waals surface area contributed by atoms with Crippen LogP contribution in [-0.4, -0.2) is 4.57 Å². The number of benzene rings is 6. The highest BCUT2D eigenvalue weighted by Gasteiger charge is 2.13. The highest BCUT2D eigenvalue weighted by atomic mass is 15.0. The zero-order valence-corrected chi connectivity index (χ0v) is 22.9. The fourth-order valence-electron chi connectivity index (χ4n) is 5.80. The normalized spacial score (nSPS) is 11.5. The number of fused-ring (bicyclic) bond motifs is 3. The van der Waals surface area contributed by atoms with Crippen molar-refractivity contribution in [1.29, 1.82) is 0 Å². The molecule has 0 saturated carbocycles. The van der Waals surface area contributed by atoms with Gasteiger partial charge in [0.25, 0.3) is 0 Å². The van der Waals surface area contributed by atoms with Crippen LogP contribution < -0.4 is 0 Å². The SMILES string of the molecule is CC(C)c1ccc(-c2ccc(-c3cccc(-c4ccc5c(c4)c4ccccc4n5-c4ccccc4)c3)cc2)cc1. The van der Waals surface area contributed by atoms with Crippen LogP contribution >= 0.6 is 0 Å². The predicted octanol–water partition coefficient (Wildman–Crippen LogP) is 10.9. The van der Waals surface area contributed by atoms with Crippen LogP contribution in [0, 0.1) is 0 Å². The lowest BCUT2D eigenvalue weighted by atomic mass is 9.95. The Kier molecular flexibility index (Phi) is 6.06. The highest BCUT2D eigenvalue weighted by Crippen LogP contribution is 2.36. The summed E-state index contributed by atoms with van der Waals surface area (Å²) in [7, 11) is 0. The second kappa shape index (κ2) is 10.0. The molecule has 0 aliphatic heterocycles. The van der Waals surface area contributed by atoms with E-state index >= 15 is 0 Å². The van der Waals surface area contributed by atoms with Gasteiger partial charge in [-0.2, -0.15) is 0 Å². The smallest absolute Gasteiger partial charge is 0.0541 e. The largest absolute Gasteiger partial charge is 0.309 e. The third kappa shape index (κ3) is 4.30. The molecule has 0 N–H and O–H groups in total. The number of hydrogen-bond donors (Lipinski definition) is 0. The van der Waals surface area contributed by atoms with E-state index in [0.717, 1.165) is 0 Å². The van der Waals surface area contributed by atoms with Crippen molar-refractivity contribution in [2.75, 3.05) is 0 Å². The van der Waals surface area contributed by atoms with E-state index in [-0.39, 0.29) is 0 Å². The van der Waals surface area contributed by atoms with Gasteiger partial charge in [0.05, 0.1) is 11.0 Å². The van der Waals surface area contributed by atoms with Crippen molar-refractivity contribution in [2.24, 2.45) is 0 Å². The lowest BCUT2D eigenvalue weighted by Gasteiger charge is -2.10. The Morgan fingerprint density at radius 2 is 0.925 bits per heavy atom. The van der Waals surface area contributed by atoms with E-state index in [0.29, 0.717) is 5.92 Å². The molecule has 0 atom stereocenters. The van der Waals surface area contributed by atoms with Crippen LogP contribution in [0.3, 0.4) is 0 Å². The number of nitrogens with zero attached hydrogens (tertiary/aromatic N) is 1. The Labute approximate surface area is 236 Å². The van der Waals surface area contributed by atoms with Gasteiger partial charge in [-0.1, -0.05) is 123 Å². The van der Waals surface area contributed by atoms with Crippen LogP contribution in [0.1, 0.15) is 25.3 Å². The van der Waals surface area contributed by atoms with Crippen molar-refractivity contribution in [2.45, 2.75) is 19.8 Å². The summed E-state index contributed by atoms with van der Waals surface area (Å²) in [5.41, 5.74) is 12.4. The third-order valence-corrected chi connectivity index (χ3v) is 8.01. The Morgan fingerprint density at radius 3 is 1.62 bits per heavy atom. The van der Waals surface area contributed by atoms with E-state index in [4.69, 9.17) is 0 Å². The monoisotopic (exact) mass is 513 g/mol. The predicted molar refractivity (Wildman–Crippen MR) is 171 cm³/mol. The van der Waals surface area contributed by atoms with Crippen molar-refractivity contribution < 1.29 is 0 Å². The van der Waals surface area contributed by atoms with Crippen LogP contribution in [0.5, 0.6) is 0 Å². The van der Waals surface area contributed by atoms with E-state index < -0.39 is 0 Å². The molecule has 0 unspecified atom stereocenters. The van der Waals surface area contributed by atoms with Gasteiger partial charge < -0.3 is 4.57 Å². The number of rotatable bonds is 5. The molecule has 0 fully saturated rings. The van der Waals surface area contributed by atoms with Gasteiger partial charge in [-0.25, -0.2) is 0 Å². The van der Waals surface area contributed by atoms with Crippen LogP contribution in [0.15, 0.2) is 146 Å². The highest BCUT2D eigenvalue weighted by molar-refractivity contribution is 6.10. The maximum Gasteiger partial charge on any atom is 0.0541 e. The number of aromatic nitrogens is 1. The van der Waals surface area contributed by atoms with Gasteiger partial charge in [0, 0.05) is 16.5 Å². The van der Waals surface area contributed by atoms with Crippen molar-refractivity contribution in [1.82, 2.24) is 4.57 Å². The minimum absolute atomic E-state index is 0.548. The topological polar surface area (TPSA) is 4.93 Å². The summed E-state index contributed by atoms with van der Waals surface area (Å²) in [5, 5.41) is 2.55. The molecule has 0 amide bonds. The molecule has 6 aromatic carbocycles. The van der Waals surface area contributed by atoms with Gasteiger partial charge in [0.1, 0.15) is 0 Å². The van der Waals surface area contributed by atoms with Crippen molar-refractivity contribution in [3.63, 3.8) is 0 Å². The van der Waals surface area contributed by atoms with Crippen LogP contribution in [-0.2, 0) is 0 Å². The standard InChI is InChI=1S/C39H31N/c1-27(2)28-15-17-29(18-16-28)30-19-21-31(22-20-30)32-9-8-10-33(25-32)34-23-24-39-37(26-34)36-13-6-7-14-38(36)40(39)35-11-4-3-5-12-35/h3-27H,1-2H3. The first kappa shape index (κ1) is 24.2. The van der Waals surface area contributed by atoms with Gasteiger partial charge in [-0.05, 0) is 81.3 Å². The van der Waals surface area contributed by atoms with Crippen molar-refractivity contribution in [3.8, 4) is 39.1 Å². The molecular formula is C39H31N. The zero-order chi connectivity index (χ0) is 27.1. The summed E-state index contributed by atoms with van der Waals surface area (Å²) in [6.45, 7) is 4.47. The summed E-state index contributed by atoms with van der Waals surface area (Å²) < 4.78 is 2.36. The van der Waals surface area contributed by atoms with Crippen LogP contribution in [0.25, 0.3) is 60.9 Å². The minimum Gasteiger partial charge on any atom is -0.309 e. The van der Waals surface area contributed by atoms with Crippen LogP contribution in [0.2, 0.25) is 0 Å². The molecule has 0 radical (unpaired) electrons. The van der Waals surface area contributed by atoms with E-state index in [1.165, 1.54) is 66.4 Å². The molecule has 7 aromatic rings. The molecule has 0 bridgehead atoms. The Balaban J connectivity index is 1.25. The lowest BCUT2D eigenvalue weighted by molar-refractivity contribution is 0.867. The maximum atomic E-state index is 2.36. The zero-order valence-electron chi connectivity index (χ0n) is 22.9. The van der Waals surface area contributed by atoms with Gasteiger partial charge in [-0.3, -0.25) is 0 Å². The summed E-state index contributed by atoms with van der Waals surface area (Å²) in [4.78, 5) is 0. The fourth-order valence-corrected chi connectivity index (χ4v) is 5.80. The summed E-state index contributed by atoms with van der Waals surface area (Å²) in [6.07, 6.45) is 0. The van der Waals surface area contributed by atoms with Crippen molar-refractivity contribution in [3.05, 3.63) is 151 Å². The number of para-hydroxylation sites is 2. The molecule has 0 spiro atoms. The second-order valence-electron chi connectivity index (χ2n) is 10.9. The molecule has 1 aromatic heterocycles. The van der Waals surface area contributed by atoms with Crippen molar-refractivity contribution >= 4 is 21.8 Å². The maximum absolute atomic E-state index is 2.36. The third-order valence-electron chi connectivity index (χ3n) is 8.01. The van der Waals surface area contributed by atoms with E-state index in [9.17, 15) is 0 Å². The molecule has 0 aliphatic rings. The average molecular weight is 514 g/mol. The lowest BCUT2D eigenvalue weighted by Crippen LogP contribution is -1.92. The van der Waals surface area contributed by atoms with Gasteiger partial charge in [0.2, 0.25) is 0 Å². The van der Waals surface area contributed by atoms with Crippen LogP contribution in [0.4, 0.5) is 0 Å². The Bertz CT molecular complexity index is 1940. The summed E-state index contributed by atoms with van der Waals surface area (Å²) in [5.74, 6) is 0.548. The second-order valence-corrected chi connectivity index (χ2v) is 10.9. The first-order valence-corrected chi connectivity index (χ1v) is 14.1. The molecule has 0 saturated heterocycles. The first-order valence-electron chi connectivity index (χ1n) is 14.1. The minimum atomic E-state index is 0.548. The average Bonchev–Trinajstić information content (AvgIpc) is 3.35. The number of hydrogen-bond acceptors (Lipinski definition) is 0. The molecule has 1 nitrogen and oxygen atoms in total. The Morgan fingerprint density at radius 1 is 0.400 bits per heavy atom. The molecule has 192 valence electrons. The van der Waals surface area contributed by atoms with Gasteiger partial charge in [0.15, 0.2) is 0 Å². The molecule has 0 aliphatic carbocycles. The fraction of sp³-hybridized carbons (Fsp3) is 0.0769. The first-order chi connectivity index (χ1) is 19.7.